The summed E-state index contributed by atoms with van der Waals surface area (Å²) in [5.74, 6) is -0.201. The van der Waals surface area contributed by atoms with Gasteiger partial charge in [0.15, 0.2) is 0 Å². The number of nitrogens with zero attached hydrogens (tertiary/aromatic N) is 3. The summed E-state index contributed by atoms with van der Waals surface area (Å²) >= 11 is 11.8. The number of aromatic nitrogens is 1. The van der Waals surface area contributed by atoms with E-state index in [1.54, 1.807) is 17.2 Å². The van der Waals surface area contributed by atoms with E-state index in [1.807, 2.05) is 0 Å². The molecule has 1 unspecified atom stereocenters. The van der Waals surface area contributed by atoms with Crippen LogP contribution >= 0.6 is 23.2 Å². The van der Waals surface area contributed by atoms with Crippen LogP contribution in [0.1, 0.15) is 33.6 Å². The van der Waals surface area contributed by atoms with Gasteiger partial charge in [0.2, 0.25) is 0 Å². The Morgan fingerprint density at radius 2 is 1.83 bits per heavy atom. The average Bonchev–Trinajstić information content (AvgIpc) is 3.30. The molecule has 4 rings (SSSR count). The van der Waals surface area contributed by atoms with Crippen LogP contribution in [0.4, 0.5) is 13.2 Å². The van der Waals surface area contributed by atoms with E-state index in [9.17, 15) is 18.0 Å². The summed E-state index contributed by atoms with van der Waals surface area (Å²) in [7, 11) is 1.49. The van der Waals surface area contributed by atoms with E-state index in [-0.39, 0.29) is 39.6 Å². The van der Waals surface area contributed by atoms with Gasteiger partial charge in [0, 0.05) is 41.9 Å². The third kappa shape index (κ3) is 3.45. The zero-order valence-corrected chi connectivity index (χ0v) is 17.1. The number of hydrogen-bond acceptors (Lipinski definition) is 5. The predicted octanol–water partition coefficient (Wildman–Crippen LogP) is 4.26. The highest BCUT2D eigenvalue weighted by molar-refractivity contribution is 6.34. The van der Waals surface area contributed by atoms with E-state index in [4.69, 9.17) is 28.0 Å². The number of amidine groups is 1. The molecule has 11 heteroatoms. The second-order valence-corrected chi connectivity index (χ2v) is 7.90. The maximum atomic E-state index is 14.1. The number of halogens is 5. The maximum absolute atomic E-state index is 14.1. The number of oxime groups is 1. The zero-order valence-electron chi connectivity index (χ0n) is 15.6. The molecule has 2 aliphatic heterocycles. The number of alkyl halides is 3. The van der Waals surface area contributed by atoms with Crippen LogP contribution in [0.5, 0.6) is 0 Å². The normalized spacial score (nSPS) is 20.6. The number of carbonyl (C=O) groups is 1. The summed E-state index contributed by atoms with van der Waals surface area (Å²) in [5, 5.41) is 6.39. The van der Waals surface area contributed by atoms with E-state index < -0.39 is 18.2 Å². The average molecular weight is 459 g/mol. The number of carbonyl (C=O) groups excluding carboxylic acids is 1. The number of rotatable bonds is 2. The number of benzene rings is 1. The second kappa shape index (κ2) is 7.31. The molecule has 0 saturated carbocycles. The lowest BCUT2D eigenvalue weighted by Crippen LogP contribution is -2.43. The lowest BCUT2D eigenvalue weighted by molar-refractivity contribution is -0.275. The van der Waals surface area contributed by atoms with E-state index in [0.717, 1.165) is 11.1 Å². The first-order chi connectivity index (χ1) is 14.1. The Labute approximate surface area is 179 Å². The molecule has 6 nitrogen and oxygen atoms in total. The topological polar surface area (TPSA) is 66.8 Å². The first-order valence-electron chi connectivity index (χ1n) is 8.86. The Balaban J connectivity index is 1.61. The van der Waals surface area contributed by atoms with Crippen molar-refractivity contribution in [3.8, 4) is 0 Å². The molecule has 1 N–H and O–H groups in total. The molecule has 30 heavy (non-hydrogen) atoms. The van der Waals surface area contributed by atoms with Crippen LogP contribution in [-0.4, -0.2) is 34.9 Å². The Morgan fingerprint density at radius 1 is 1.17 bits per heavy atom. The monoisotopic (exact) mass is 458 g/mol. The predicted molar refractivity (Wildman–Crippen MR) is 104 cm³/mol. The fraction of sp³-hybridized carbons (Fsp3) is 0.316. The van der Waals surface area contributed by atoms with Gasteiger partial charge >= 0.3 is 6.18 Å². The molecule has 0 aliphatic carbocycles. The summed E-state index contributed by atoms with van der Waals surface area (Å²) in [6.07, 6.45) is -3.74. The van der Waals surface area contributed by atoms with E-state index in [0.29, 0.717) is 6.54 Å². The van der Waals surface area contributed by atoms with Crippen molar-refractivity contribution < 1.29 is 22.8 Å². The van der Waals surface area contributed by atoms with Gasteiger partial charge < -0.3 is 15.1 Å². The number of amides is 1. The van der Waals surface area contributed by atoms with Crippen LogP contribution in [0.2, 0.25) is 10.0 Å². The summed E-state index contributed by atoms with van der Waals surface area (Å²) in [4.78, 5) is 22.6. The van der Waals surface area contributed by atoms with Gasteiger partial charge in [0.1, 0.15) is 11.5 Å². The molecule has 158 valence electrons. The first-order valence-corrected chi connectivity index (χ1v) is 9.62. The van der Waals surface area contributed by atoms with E-state index in [2.05, 4.69) is 15.5 Å². The van der Waals surface area contributed by atoms with E-state index in [1.165, 1.54) is 25.2 Å². The van der Waals surface area contributed by atoms with Gasteiger partial charge in [-0.15, -0.1) is 0 Å². The van der Waals surface area contributed by atoms with Crippen LogP contribution < -0.4 is 5.32 Å². The van der Waals surface area contributed by atoms with Crippen LogP contribution in [0.25, 0.3) is 0 Å². The quantitative estimate of drug-likeness (QED) is 0.730. The Morgan fingerprint density at radius 3 is 2.47 bits per heavy atom. The summed E-state index contributed by atoms with van der Waals surface area (Å²) in [6, 6.07) is 5.33. The molecule has 2 aromatic rings. The highest BCUT2D eigenvalue weighted by Crippen LogP contribution is 2.49. The van der Waals surface area contributed by atoms with Gasteiger partial charge in [-0.2, -0.15) is 13.2 Å². The molecule has 0 spiro atoms. The first kappa shape index (κ1) is 20.7. The van der Waals surface area contributed by atoms with Gasteiger partial charge in [0.05, 0.1) is 6.42 Å². The van der Waals surface area contributed by atoms with Crippen LogP contribution in [0.15, 0.2) is 35.6 Å². The third-order valence-corrected chi connectivity index (χ3v) is 5.57. The number of pyridine rings is 1. The third-order valence-electron chi connectivity index (χ3n) is 5.13. The smallest absolute Gasteiger partial charge is 0.372 e. The van der Waals surface area contributed by atoms with Crippen LogP contribution in [0, 0.1) is 0 Å². The number of nitrogens with one attached hydrogen (secondary N) is 1. The van der Waals surface area contributed by atoms with E-state index >= 15 is 0 Å². The lowest BCUT2D eigenvalue weighted by atomic mass is 9.89. The van der Waals surface area contributed by atoms with Crippen molar-refractivity contribution in [3.63, 3.8) is 0 Å². The van der Waals surface area contributed by atoms with Gasteiger partial charge in [-0.1, -0.05) is 28.4 Å². The fourth-order valence-corrected chi connectivity index (χ4v) is 4.09. The molecule has 0 radical (unpaired) electrons. The van der Waals surface area contributed by atoms with Crippen molar-refractivity contribution in [2.75, 3.05) is 7.05 Å². The molecule has 1 amide bonds. The van der Waals surface area contributed by atoms with Gasteiger partial charge in [-0.3, -0.25) is 9.78 Å². The van der Waals surface area contributed by atoms with Crippen molar-refractivity contribution in [2.45, 2.75) is 31.3 Å². The molecule has 1 aromatic heterocycles. The minimum absolute atomic E-state index is 0.0690. The van der Waals surface area contributed by atoms with Crippen molar-refractivity contribution in [1.82, 2.24) is 15.2 Å². The minimum atomic E-state index is -4.76. The fourth-order valence-electron chi connectivity index (χ4n) is 3.56. The van der Waals surface area contributed by atoms with Gasteiger partial charge in [-0.25, -0.2) is 0 Å². The van der Waals surface area contributed by atoms with Crippen LogP contribution in [0.3, 0.4) is 0 Å². The SMILES string of the molecule is CNC(=O)c1cc2c(cn1)CN(C1=NOC(c3cc(Cl)cc(Cl)c3)(C(F)(F)F)C1)C2. The Bertz CT molecular complexity index is 1040. The van der Waals surface area contributed by atoms with Crippen molar-refractivity contribution in [3.05, 3.63) is 62.9 Å². The lowest BCUT2D eigenvalue weighted by Gasteiger charge is -2.30. The van der Waals surface area contributed by atoms with Gasteiger partial charge in [-0.05, 0) is 35.4 Å². The minimum Gasteiger partial charge on any atom is -0.372 e. The number of fused-ring (bicyclic) bond motifs is 1. The molecule has 0 bridgehead atoms. The molecular formula is C19H15Cl2F3N4O2. The molecule has 1 aromatic carbocycles. The van der Waals surface area contributed by atoms with Crippen molar-refractivity contribution in [2.24, 2.45) is 5.16 Å². The highest BCUT2D eigenvalue weighted by atomic mass is 35.5. The standard InChI is InChI=1S/C19H15Cl2F3N4O2/c1-25-17(29)15-2-10-8-28(9-11(10)7-26-15)16-6-18(30-27-16,19(22,23)24)12-3-13(20)5-14(21)4-12/h2-5,7H,6,8-9H2,1H3,(H,25,29). The van der Waals surface area contributed by atoms with Crippen LogP contribution in [-0.2, 0) is 23.5 Å². The molecule has 2 aliphatic rings. The maximum Gasteiger partial charge on any atom is 0.435 e. The van der Waals surface area contributed by atoms with Gasteiger partial charge in [0.25, 0.3) is 11.5 Å². The molecule has 1 atom stereocenters. The summed E-state index contributed by atoms with van der Waals surface area (Å²) in [5.41, 5.74) is -1.06. The molecule has 0 fully saturated rings. The Hall–Kier alpha value is -2.52. The molecular weight excluding hydrogens is 444 g/mol. The highest BCUT2D eigenvalue weighted by Gasteiger charge is 2.63. The Kier molecular flexibility index (Phi) is 5.06. The number of hydrogen-bond donors (Lipinski definition) is 1. The molecule has 3 heterocycles. The zero-order chi connectivity index (χ0) is 21.7. The summed E-state index contributed by atoms with van der Waals surface area (Å²) < 4.78 is 42.3. The summed E-state index contributed by atoms with van der Waals surface area (Å²) in [6.45, 7) is 0.594. The van der Waals surface area contributed by atoms with Crippen molar-refractivity contribution >= 4 is 34.9 Å². The largest absolute Gasteiger partial charge is 0.435 e. The molecule has 0 saturated heterocycles. The van der Waals surface area contributed by atoms with Crippen molar-refractivity contribution in [1.29, 1.82) is 0 Å². The second-order valence-electron chi connectivity index (χ2n) is 7.03.